The second kappa shape index (κ2) is 7.17. The molecule has 1 aromatic heterocycles. The summed E-state index contributed by atoms with van der Waals surface area (Å²) in [6.07, 6.45) is 1.64. The van der Waals surface area contributed by atoms with E-state index in [0.717, 1.165) is 11.1 Å². The molecule has 0 amide bonds. The Balaban J connectivity index is 1.82. The second-order valence-corrected chi connectivity index (χ2v) is 6.27. The number of nitrogens with one attached hydrogen (secondary N) is 2. The summed E-state index contributed by atoms with van der Waals surface area (Å²) in [5.41, 5.74) is 0.292. The van der Waals surface area contributed by atoms with Crippen LogP contribution in [0.5, 0.6) is 17.5 Å². The van der Waals surface area contributed by atoms with Crippen molar-refractivity contribution < 1.29 is 9.47 Å². The van der Waals surface area contributed by atoms with Gasteiger partial charge in [-0.25, -0.2) is 9.59 Å². The Labute approximate surface area is 154 Å². The summed E-state index contributed by atoms with van der Waals surface area (Å²) >= 11 is 0. The van der Waals surface area contributed by atoms with Crippen LogP contribution >= 0.6 is 0 Å². The van der Waals surface area contributed by atoms with Crippen molar-refractivity contribution in [1.29, 1.82) is 5.26 Å². The molecule has 0 spiro atoms. The molecule has 27 heavy (non-hydrogen) atoms. The summed E-state index contributed by atoms with van der Waals surface area (Å²) < 4.78 is 10.2. The molecule has 0 saturated heterocycles. The van der Waals surface area contributed by atoms with Crippen LogP contribution < -0.4 is 20.9 Å². The molecule has 0 unspecified atom stereocenters. The SMILES string of the molecule is CC(C)(c1ccc(OC#N)cc1)c1ccc(Oc2nc(=O)[nH]c(=O)[nH]2)cc1. The number of aromatic nitrogens is 3. The van der Waals surface area contributed by atoms with Gasteiger partial charge in [0.1, 0.15) is 11.5 Å². The van der Waals surface area contributed by atoms with Gasteiger partial charge in [-0.15, -0.1) is 10.2 Å². The van der Waals surface area contributed by atoms with E-state index in [2.05, 4.69) is 23.8 Å². The first-order chi connectivity index (χ1) is 12.9. The van der Waals surface area contributed by atoms with Gasteiger partial charge >= 0.3 is 17.4 Å². The van der Waals surface area contributed by atoms with Crippen molar-refractivity contribution in [3.63, 3.8) is 0 Å². The molecular formula is C19H16N4O4. The van der Waals surface area contributed by atoms with Crippen molar-refractivity contribution in [3.8, 4) is 23.8 Å². The van der Waals surface area contributed by atoms with Crippen molar-refractivity contribution >= 4 is 0 Å². The van der Waals surface area contributed by atoms with Crippen molar-refractivity contribution in [1.82, 2.24) is 15.0 Å². The lowest BCUT2D eigenvalue weighted by Gasteiger charge is -2.26. The maximum Gasteiger partial charge on any atom is 0.353 e. The van der Waals surface area contributed by atoms with Crippen LogP contribution in [0, 0.1) is 11.5 Å². The van der Waals surface area contributed by atoms with Crippen LogP contribution in [0.25, 0.3) is 0 Å². The standard InChI is InChI=1S/C19H16N4O4/c1-19(2,12-3-7-14(8-4-12)26-11-20)13-5-9-15(10-6-13)27-18-22-16(24)21-17(25)23-18/h3-10H,1-2H3,(H2,21,22,23,24,25). The van der Waals surface area contributed by atoms with E-state index in [1.165, 1.54) is 0 Å². The van der Waals surface area contributed by atoms with Crippen LogP contribution in [0.1, 0.15) is 25.0 Å². The zero-order valence-electron chi connectivity index (χ0n) is 14.6. The summed E-state index contributed by atoms with van der Waals surface area (Å²) in [6, 6.07) is 14.4. The molecule has 136 valence electrons. The Hall–Kier alpha value is -3.86. The predicted octanol–water partition coefficient (Wildman–Crippen LogP) is 2.44. The quantitative estimate of drug-likeness (QED) is 0.671. The third kappa shape index (κ3) is 4.04. The molecule has 0 fully saturated rings. The number of hydrogen-bond donors (Lipinski definition) is 2. The van der Waals surface area contributed by atoms with Crippen LogP contribution in [0.15, 0.2) is 58.1 Å². The number of ether oxygens (including phenoxy) is 2. The normalized spacial score (nSPS) is 10.9. The van der Waals surface area contributed by atoms with Gasteiger partial charge in [0.25, 0.3) is 6.26 Å². The lowest BCUT2D eigenvalue weighted by atomic mass is 9.78. The van der Waals surface area contributed by atoms with Crippen LogP contribution in [0.2, 0.25) is 0 Å². The van der Waals surface area contributed by atoms with Gasteiger partial charge in [0.15, 0.2) is 0 Å². The van der Waals surface area contributed by atoms with E-state index in [1.54, 1.807) is 30.5 Å². The molecule has 0 radical (unpaired) electrons. The summed E-state index contributed by atoms with van der Waals surface area (Å²) in [7, 11) is 0. The first-order valence-electron chi connectivity index (χ1n) is 8.04. The van der Waals surface area contributed by atoms with Gasteiger partial charge in [-0.2, -0.15) is 0 Å². The van der Waals surface area contributed by atoms with E-state index in [1.807, 2.05) is 29.2 Å². The number of benzene rings is 2. The van der Waals surface area contributed by atoms with Crippen molar-refractivity contribution in [2.45, 2.75) is 19.3 Å². The number of aromatic amines is 2. The second-order valence-electron chi connectivity index (χ2n) is 6.27. The van der Waals surface area contributed by atoms with Crippen molar-refractivity contribution in [2.24, 2.45) is 0 Å². The van der Waals surface area contributed by atoms with Crippen LogP contribution in [0.4, 0.5) is 0 Å². The van der Waals surface area contributed by atoms with E-state index in [9.17, 15) is 9.59 Å². The van der Waals surface area contributed by atoms with E-state index >= 15 is 0 Å². The lowest BCUT2D eigenvalue weighted by Crippen LogP contribution is -2.24. The molecule has 0 atom stereocenters. The Morgan fingerprint density at radius 3 is 2.00 bits per heavy atom. The van der Waals surface area contributed by atoms with Crippen molar-refractivity contribution in [2.75, 3.05) is 0 Å². The minimum Gasteiger partial charge on any atom is -0.425 e. The molecule has 8 heteroatoms. The minimum atomic E-state index is -0.782. The molecule has 2 N–H and O–H groups in total. The molecule has 2 aromatic carbocycles. The van der Waals surface area contributed by atoms with Gasteiger partial charge in [0.05, 0.1) is 0 Å². The average Bonchev–Trinajstić information content (AvgIpc) is 2.62. The third-order valence-electron chi connectivity index (χ3n) is 4.17. The number of nitrogens with zero attached hydrogens (tertiary/aromatic N) is 2. The molecule has 8 nitrogen and oxygen atoms in total. The summed E-state index contributed by atoms with van der Waals surface area (Å²) in [5.74, 6) is 0.918. The number of hydrogen-bond acceptors (Lipinski definition) is 6. The fourth-order valence-corrected chi connectivity index (χ4v) is 2.63. The highest BCUT2D eigenvalue weighted by Crippen LogP contribution is 2.33. The van der Waals surface area contributed by atoms with Gasteiger partial charge in [-0.1, -0.05) is 38.1 Å². The smallest absolute Gasteiger partial charge is 0.353 e. The molecule has 0 saturated carbocycles. The molecule has 1 heterocycles. The highest BCUT2D eigenvalue weighted by atomic mass is 16.5. The van der Waals surface area contributed by atoms with Gasteiger partial charge in [0, 0.05) is 5.41 Å². The highest BCUT2D eigenvalue weighted by Gasteiger charge is 2.23. The first kappa shape index (κ1) is 17.9. The third-order valence-corrected chi connectivity index (χ3v) is 4.17. The maximum atomic E-state index is 11.3. The fraction of sp³-hybridized carbons (Fsp3) is 0.158. The number of rotatable bonds is 5. The summed E-state index contributed by atoms with van der Waals surface area (Å²) in [6.45, 7) is 4.14. The van der Waals surface area contributed by atoms with E-state index in [0.29, 0.717) is 11.5 Å². The first-order valence-corrected chi connectivity index (χ1v) is 8.04. The van der Waals surface area contributed by atoms with Gasteiger partial charge < -0.3 is 9.47 Å². The minimum absolute atomic E-state index is 0.177. The fourth-order valence-electron chi connectivity index (χ4n) is 2.63. The van der Waals surface area contributed by atoms with Gasteiger partial charge in [0.2, 0.25) is 0 Å². The average molecular weight is 364 g/mol. The van der Waals surface area contributed by atoms with Crippen molar-refractivity contribution in [3.05, 3.63) is 80.6 Å². The topological polar surface area (TPSA) is 121 Å². The Morgan fingerprint density at radius 2 is 1.48 bits per heavy atom. The molecule has 3 rings (SSSR count). The van der Waals surface area contributed by atoms with E-state index < -0.39 is 11.4 Å². The van der Waals surface area contributed by atoms with Crippen LogP contribution in [-0.2, 0) is 5.41 Å². The molecular weight excluding hydrogens is 348 g/mol. The Kier molecular flexibility index (Phi) is 4.77. The van der Waals surface area contributed by atoms with Gasteiger partial charge in [-0.3, -0.25) is 9.97 Å². The molecule has 0 bridgehead atoms. The summed E-state index contributed by atoms with van der Waals surface area (Å²) in [4.78, 5) is 30.3. The number of H-pyrrole nitrogens is 2. The van der Waals surface area contributed by atoms with Gasteiger partial charge in [-0.05, 0) is 35.4 Å². The van der Waals surface area contributed by atoms with E-state index in [-0.39, 0.29) is 11.4 Å². The zero-order chi connectivity index (χ0) is 19.4. The summed E-state index contributed by atoms with van der Waals surface area (Å²) in [5, 5.41) is 8.56. The Morgan fingerprint density at radius 1 is 0.926 bits per heavy atom. The zero-order valence-corrected chi connectivity index (χ0v) is 14.6. The lowest BCUT2D eigenvalue weighted by molar-refractivity contribution is 0.433. The molecule has 0 aliphatic carbocycles. The largest absolute Gasteiger partial charge is 0.425 e. The Bertz CT molecular complexity index is 1060. The van der Waals surface area contributed by atoms with Crippen LogP contribution in [0.3, 0.4) is 0 Å². The maximum absolute atomic E-state index is 11.3. The molecule has 0 aliphatic heterocycles. The highest BCUT2D eigenvalue weighted by molar-refractivity contribution is 5.42. The monoisotopic (exact) mass is 364 g/mol. The van der Waals surface area contributed by atoms with Crippen LogP contribution in [-0.4, -0.2) is 15.0 Å². The molecule has 3 aromatic rings. The number of nitriles is 1. The van der Waals surface area contributed by atoms with E-state index in [4.69, 9.17) is 14.7 Å². The molecule has 0 aliphatic rings. The predicted molar refractivity (Wildman–Crippen MR) is 96.8 cm³/mol.